The molecule has 1 fully saturated rings. The number of nitrogens with zero attached hydrogens (tertiary/aromatic N) is 1. The summed E-state index contributed by atoms with van der Waals surface area (Å²) in [5, 5.41) is 0. The molecule has 0 aromatic carbocycles. The summed E-state index contributed by atoms with van der Waals surface area (Å²) in [4.78, 5) is 2.74. The van der Waals surface area contributed by atoms with E-state index in [1.54, 1.807) is 0 Å². The smallest absolute Gasteiger partial charge is 0.0331 e. The maximum Gasteiger partial charge on any atom is 0.0331 e. The number of rotatable bonds is 8. The van der Waals surface area contributed by atoms with Gasteiger partial charge in [0.1, 0.15) is 0 Å². The topological polar surface area (TPSA) is 29.3 Å². The highest BCUT2D eigenvalue weighted by atomic mass is 15.2. The Bertz CT molecular complexity index is 227. The van der Waals surface area contributed by atoms with Crippen molar-refractivity contribution in [3.63, 3.8) is 0 Å². The molecular weight excluding hydrogens is 220 g/mol. The molecule has 0 aromatic rings. The minimum atomic E-state index is 0.287. The number of hydrogen-bond donors (Lipinski definition) is 1. The van der Waals surface area contributed by atoms with Crippen molar-refractivity contribution in [1.82, 2.24) is 4.90 Å². The van der Waals surface area contributed by atoms with E-state index in [0.29, 0.717) is 5.41 Å². The molecule has 2 heteroatoms. The first-order valence-corrected chi connectivity index (χ1v) is 8.07. The van der Waals surface area contributed by atoms with Gasteiger partial charge < -0.3 is 5.73 Å². The summed E-state index contributed by atoms with van der Waals surface area (Å²) >= 11 is 0. The highest BCUT2D eigenvalue weighted by Crippen LogP contribution is 2.41. The molecule has 1 rings (SSSR count). The molecule has 0 unspecified atom stereocenters. The minimum Gasteiger partial charge on any atom is -0.329 e. The highest BCUT2D eigenvalue weighted by Gasteiger charge is 2.43. The van der Waals surface area contributed by atoms with Gasteiger partial charge in [-0.1, -0.05) is 40.5 Å². The zero-order valence-corrected chi connectivity index (χ0v) is 13.1. The fourth-order valence-electron chi connectivity index (χ4n) is 3.87. The van der Waals surface area contributed by atoms with Crippen LogP contribution in [0.3, 0.4) is 0 Å². The van der Waals surface area contributed by atoms with Crippen molar-refractivity contribution >= 4 is 0 Å². The van der Waals surface area contributed by atoms with E-state index in [1.165, 1.54) is 58.0 Å². The molecule has 0 saturated carbocycles. The van der Waals surface area contributed by atoms with Gasteiger partial charge in [-0.15, -0.1) is 0 Å². The van der Waals surface area contributed by atoms with Crippen LogP contribution < -0.4 is 5.73 Å². The third kappa shape index (κ3) is 3.08. The van der Waals surface area contributed by atoms with Crippen LogP contribution in [0.5, 0.6) is 0 Å². The minimum absolute atomic E-state index is 0.287. The molecule has 0 amide bonds. The molecule has 1 saturated heterocycles. The lowest BCUT2D eigenvalue weighted by molar-refractivity contribution is 0.0836. The second kappa shape index (κ2) is 6.91. The van der Waals surface area contributed by atoms with E-state index in [9.17, 15) is 0 Å². The van der Waals surface area contributed by atoms with Gasteiger partial charge >= 0.3 is 0 Å². The lowest BCUT2D eigenvalue weighted by Gasteiger charge is -2.42. The first-order valence-electron chi connectivity index (χ1n) is 8.07. The number of hydrogen-bond acceptors (Lipinski definition) is 2. The van der Waals surface area contributed by atoms with Gasteiger partial charge in [-0.2, -0.15) is 0 Å². The second-order valence-electron chi connectivity index (χ2n) is 6.31. The van der Waals surface area contributed by atoms with Crippen LogP contribution >= 0.6 is 0 Å². The molecule has 2 N–H and O–H groups in total. The van der Waals surface area contributed by atoms with Crippen LogP contribution in [0.25, 0.3) is 0 Å². The monoisotopic (exact) mass is 254 g/mol. The predicted octanol–water partition coefficient (Wildman–Crippen LogP) is 3.80. The molecule has 108 valence electrons. The second-order valence-corrected chi connectivity index (χ2v) is 6.31. The lowest BCUT2D eigenvalue weighted by atomic mass is 9.81. The van der Waals surface area contributed by atoms with Crippen molar-refractivity contribution in [2.45, 2.75) is 78.2 Å². The summed E-state index contributed by atoms with van der Waals surface area (Å²) in [7, 11) is 0. The van der Waals surface area contributed by atoms with E-state index < -0.39 is 0 Å². The van der Waals surface area contributed by atoms with Gasteiger partial charge in [-0.05, 0) is 44.1 Å². The largest absolute Gasteiger partial charge is 0.329 e. The lowest BCUT2D eigenvalue weighted by Crippen LogP contribution is -2.53. The first kappa shape index (κ1) is 16.0. The van der Waals surface area contributed by atoms with E-state index in [-0.39, 0.29) is 5.54 Å². The Morgan fingerprint density at radius 1 is 1.06 bits per heavy atom. The molecule has 18 heavy (non-hydrogen) atoms. The number of nitrogens with two attached hydrogens (primary N) is 1. The summed E-state index contributed by atoms with van der Waals surface area (Å²) in [6, 6.07) is 0. The van der Waals surface area contributed by atoms with E-state index in [4.69, 9.17) is 5.73 Å². The predicted molar refractivity (Wildman–Crippen MR) is 80.8 cm³/mol. The summed E-state index contributed by atoms with van der Waals surface area (Å²) in [6.07, 6.45) is 9.03. The van der Waals surface area contributed by atoms with Crippen LogP contribution in [0.4, 0.5) is 0 Å². The molecule has 0 aliphatic carbocycles. The van der Waals surface area contributed by atoms with Gasteiger partial charge in [-0.25, -0.2) is 0 Å². The van der Waals surface area contributed by atoms with Gasteiger partial charge in [0, 0.05) is 18.6 Å². The summed E-state index contributed by atoms with van der Waals surface area (Å²) in [5.41, 5.74) is 7.05. The Morgan fingerprint density at radius 2 is 1.61 bits per heavy atom. The molecule has 1 aliphatic heterocycles. The first-order chi connectivity index (χ1) is 8.62. The van der Waals surface area contributed by atoms with Gasteiger partial charge in [0.05, 0.1) is 0 Å². The van der Waals surface area contributed by atoms with E-state index in [0.717, 1.165) is 6.54 Å². The van der Waals surface area contributed by atoms with Gasteiger partial charge in [0.15, 0.2) is 0 Å². The fraction of sp³-hybridized carbons (Fsp3) is 1.00. The van der Waals surface area contributed by atoms with Crippen LogP contribution in [0.2, 0.25) is 0 Å². The average Bonchev–Trinajstić information content (AvgIpc) is 2.84. The zero-order valence-electron chi connectivity index (χ0n) is 13.1. The van der Waals surface area contributed by atoms with Crippen LogP contribution in [-0.4, -0.2) is 30.1 Å². The van der Waals surface area contributed by atoms with Crippen molar-refractivity contribution in [2.75, 3.05) is 19.6 Å². The van der Waals surface area contributed by atoms with Gasteiger partial charge in [-0.3, -0.25) is 4.90 Å². The molecular formula is C16H34N2. The Labute approximate surface area is 114 Å². The zero-order chi connectivity index (χ0) is 13.6. The van der Waals surface area contributed by atoms with Crippen molar-refractivity contribution in [3.8, 4) is 0 Å². The van der Waals surface area contributed by atoms with Gasteiger partial charge in [0.2, 0.25) is 0 Å². The number of likely N-dealkylation sites (tertiary alicyclic amines) is 1. The SMILES string of the molecule is CCCC(CN)(CCC)N1CCC(CC)(CC)C1. The Morgan fingerprint density at radius 3 is 1.94 bits per heavy atom. The fourth-order valence-corrected chi connectivity index (χ4v) is 3.87. The summed E-state index contributed by atoms with van der Waals surface area (Å²) < 4.78 is 0. The maximum absolute atomic E-state index is 6.19. The van der Waals surface area contributed by atoms with Crippen LogP contribution in [0, 0.1) is 5.41 Å². The van der Waals surface area contributed by atoms with Crippen molar-refractivity contribution < 1.29 is 0 Å². The van der Waals surface area contributed by atoms with Crippen molar-refractivity contribution in [2.24, 2.45) is 11.1 Å². The van der Waals surface area contributed by atoms with E-state index in [1.807, 2.05) is 0 Å². The summed E-state index contributed by atoms with van der Waals surface area (Å²) in [6.45, 7) is 12.7. The van der Waals surface area contributed by atoms with E-state index in [2.05, 4.69) is 32.6 Å². The third-order valence-corrected chi connectivity index (χ3v) is 5.42. The van der Waals surface area contributed by atoms with E-state index >= 15 is 0 Å². The van der Waals surface area contributed by atoms with Crippen LogP contribution in [-0.2, 0) is 0 Å². The molecule has 0 spiro atoms. The molecule has 1 heterocycles. The quantitative estimate of drug-likeness (QED) is 0.714. The standard InChI is InChI=1S/C16H34N2/c1-5-9-16(13-17,10-6-2)18-12-11-15(7-3,8-4)14-18/h5-14,17H2,1-4H3. The van der Waals surface area contributed by atoms with Crippen LogP contribution in [0.1, 0.15) is 72.6 Å². The molecule has 0 atom stereocenters. The Kier molecular flexibility index (Phi) is 6.13. The normalized spacial score (nSPS) is 20.5. The third-order valence-electron chi connectivity index (χ3n) is 5.42. The highest BCUT2D eigenvalue weighted by molar-refractivity contribution is 4.99. The van der Waals surface area contributed by atoms with Crippen molar-refractivity contribution in [1.29, 1.82) is 0 Å². The molecule has 1 aliphatic rings. The summed E-state index contributed by atoms with van der Waals surface area (Å²) in [5.74, 6) is 0. The molecule has 0 aromatic heterocycles. The maximum atomic E-state index is 6.19. The molecule has 0 radical (unpaired) electrons. The van der Waals surface area contributed by atoms with Crippen molar-refractivity contribution in [3.05, 3.63) is 0 Å². The average molecular weight is 254 g/mol. The Balaban J connectivity index is 2.82. The van der Waals surface area contributed by atoms with Crippen LogP contribution in [0.15, 0.2) is 0 Å². The molecule has 2 nitrogen and oxygen atoms in total. The molecule has 0 bridgehead atoms. The Hall–Kier alpha value is -0.0800. The van der Waals surface area contributed by atoms with Gasteiger partial charge in [0.25, 0.3) is 0 Å².